The molecule has 1 aliphatic rings. The zero-order chi connectivity index (χ0) is 16.5. The maximum Gasteiger partial charge on any atom is 0.257 e. The highest BCUT2D eigenvalue weighted by Gasteiger charge is 2.15. The molecule has 1 amide bonds. The van der Waals surface area contributed by atoms with E-state index in [2.05, 4.69) is 15.5 Å². The first-order valence-corrected chi connectivity index (χ1v) is 7.31. The molecular weight excluding hydrogens is 310 g/mol. The highest BCUT2D eigenvalue weighted by Crippen LogP contribution is 2.34. The Hall–Kier alpha value is -3.35. The molecule has 0 saturated heterocycles. The van der Waals surface area contributed by atoms with E-state index in [-0.39, 0.29) is 12.7 Å². The van der Waals surface area contributed by atoms with E-state index in [4.69, 9.17) is 14.0 Å². The van der Waals surface area contributed by atoms with Crippen molar-refractivity contribution in [3.8, 4) is 23.0 Å². The van der Waals surface area contributed by atoms with Gasteiger partial charge in [-0.1, -0.05) is 5.16 Å². The number of nitrogens with zero attached hydrogens (tertiary/aromatic N) is 2. The number of hydrogen-bond acceptors (Lipinski definition) is 6. The van der Waals surface area contributed by atoms with Gasteiger partial charge < -0.3 is 19.3 Å². The fourth-order valence-electron chi connectivity index (χ4n) is 2.36. The number of fused-ring (bicyclic) bond motifs is 1. The molecule has 0 saturated carbocycles. The van der Waals surface area contributed by atoms with Crippen LogP contribution in [-0.2, 0) is 0 Å². The van der Waals surface area contributed by atoms with Crippen molar-refractivity contribution in [3.63, 3.8) is 0 Å². The van der Waals surface area contributed by atoms with Gasteiger partial charge in [-0.05, 0) is 43.3 Å². The number of nitrogens with one attached hydrogen (secondary N) is 1. The minimum atomic E-state index is -0.220. The van der Waals surface area contributed by atoms with Gasteiger partial charge in [0.2, 0.25) is 6.79 Å². The van der Waals surface area contributed by atoms with E-state index in [1.54, 1.807) is 49.4 Å². The van der Waals surface area contributed by atoms with E-state index in [9.17, 15) is 4.79 Å². The topological polar surface area (TPSA) is 86.5 Å². The quantitative estimate of drug-likeness (QED) is 0.797. The molecule has 24 heavy (non-hydrogen) atoms. The van der Waals surface area contributed by atoms with Crippen molar-refractivity contribution >= 4 is 11.6 Å². The van der Waals surface area contributed by atoms with Crippen molar-refractivity contribution in [1.29, 1.82) is 0 Å². The summed E-state index contributed by atoms with van der Waals surface area (Å²) >= 11 is 0. The molecular formula is C17H13N3O4. The Morgan fingerprint density at radius 2 is 1.88 bits per heavy atom. The Morgan fingerprint density at radius 1 is 1.08 bits per heavy atom. The number of anilines is 1. The predicted octanol–water partition coefficient (Wildman–Crippen LogP) is 3.03. The van der Waals surface area contributed by atoms with Crippen LogP contribution in [0.4, 0.5) is 5.69 Å². The monoisotopic (exact) mass is 323 g/mol. The van der Waals surface area contributed by atoms with E-state index >= 15 is 0 Å². The summed E-state index contributed by atoms with van der Waals surface area (Å²) in [5, 5.41) is 6.57. The zero-order valence-electron chi connectivity index (χ0n) is 12.8. The molecule has 2 heterocycles. The van der Waals surface area contributed by atoms with Gasteiger partial charge in [-0.3, -0.25) is 4.79 Å². The van der Waals surface area contributed by atoms with E-state index in [1.165, 1.54) is 0 Å². The molecule has 1 N–H and O–H groups in total. The van der Waals surface area contributed by atoms with Gasteiger partial charge in [0, 0.05) is 22.9 Å². The summed E-state index contributed by atoms with van der Waals surface area (Å²) in [4.78, 5) is 16.5. The average molecular weight is 323 g/mol. The van der Waals surface area contributed by atoms with Crippen molar-refractivity contribution < 1.29 is 18.8 Å². The number of carbonyl (C=O) groups is 1. The molecule has 2 aromatic carbocycles. The number of carbonyl (C=O) groups excluding carboxylic acids is 1. The average Bonchev–Trinajstić information content (AvgIpc) is 3.23. The third-order valence-corrected chi connectivity index (χ3v) is 3.55. The summed E-state index contributed by atoms with van der Waals surface area (Å²) < 4.78 is 15.6. The van der Waals surface area contributed by atoms with Crippen LogP contribution in [0.5, 0.6) is 11.5 Å². The van der Waals surface area contributed by atoms with Crippen LogP contribution in [0.1, 0.15) is 16.2 Å². The number of ether oxygens (including phenoxy) is 2. The summed E-state index contributed by atoms with van der Waals surface area (Å²) in [6.07, 6.45) is 0. The Bertz CT molecular complexity index is 902. The Balaban J connectivity index is 1.50. The first kappa shape index (κ1) is 14.3. The van der Waals surface area contributed by atoms with Crippen LogP contribution < -0.4 is 14.8 Å². The highest BCUT2D eigenvalue weighted by molar-refractivity contribution is 6.04. The van der Waals surface area contributed by atoms with Crippen LogP contribution in [0, 0.1) is 6.92 Å². The summed E-state index contributed by atoms with van der Waals surface area (Å²) in [6.45, 7) is 1.95. The van der Waals surface area contributed by atoms with Crippen molar-refractivity contribution in [2.24, 2.45) is 0 Å². The Kier molecular flexibility index (Phi) is 3.38. The minimum absolute atomic E-state index is 0.198. The van der Waals surface area contributed by atoms with Gasteiger partial charge in [-0.25, -0.2) is 0 Å². The van der Waals surface area contributed by atoms with Gasteiger partial charge in [0.15, 0.2) is 17.3 Å². The second kappa shape index (κ2) is 5.69. The molecule has 0 aliphatic carbocycles. The van der Waals surface area contributed by atoms with Gasteiger partial charge in [-0.2, -0.15) is 4.98 Å². The molecule has 4 rings (SSSR count). The lowest BCUT2D eigenvalue weighted by molar-refractivity contribution is 0.102. The molecule has 3 aromatic rings. The van der Waals surface area contributed by atoms with Crippen LogP contribution in [0.25, 0.3) is 11.5 Å². The lowest BCUT2D eigenvalue weighted by Gasteiger charge is -2.06. The van der Waals surface area contributed by atoms with Gasteiger partial charge >= 0.3 is 0 Å². The lowest BCUT2D eigenvalue weighted by Crippen LogP contribution is -2.11. The predicted molar refractivity (Wildman–Crippen MR) is 85.0 cm³/mol. The molecule has 0 atom stereocenters. The van der Waals surface area contributed by atoms with Crippen molar-refractivity contribution in [1.82, 2.24) is 10.1 Å². The SMILES string of the molecule is Cc1noc(-c2ccc(C(=O)Nc3ccc4c(c3)OCO4)cc2)n1. The fraction of sp³-hybridized carbons (Fsp3) is 0.118. The van der Waals surface area contributed by atoms with Crippen LogP contribution in [0.3, 0.4) is 0 Å². The Labute approximate surface area is 137 Å². The first-order chi connectivity index (χ1) is 11.7. The standard InChI is InChI=1S/C17H13N3O4/c1-10-18-17(24-20-10)12-4-2-11(3-5-12)16(21)19-13-6-7-14-15(8-13)23-9-22-14/h2-8H,9H2,1H3,(H,19,21). The van der Waals surface area contributed by atoms with Gasteiger partial charge in [0.05, 0.1) is 0 Å². The van der Waals surface area contributed by atoms with E-state index in [0.29, 0.717) is 34.5 Å². The molecule has 7 nitrogen and oxygen atoms in total. The van der Waals surface area contributed by atoms with Gasteiger partial charge in [0.1, 0.15) is 0 Å². The molecule has 0 unspecified atom stereocenters. The third-order valence-electron chi connectivity index (χ3n) is 3.55. The second-order valence-corrected chi connectivity index (χ2v) is 5.25. The van der Waals surface area contributed by atoms with Gasteiger partial charge in [0.25, 0.3) is 11.8 Å². The number of benzene rings is 2. The highest BCUT2D eigenvalue weighted by atomic mass is 16.7. The molecule has 0 spiro atoms. The maximum atomic E-state index is 12.3. The number of hydrogen-bond donors (Lipinski definition) is 1. The van der Waals surface area contributed by atoms with Crippen molar-refractivity contribution in [2.75, 3.05) is 12.1 Å². The van der Waals surface area contributed by atoms with Crippen LogP contribution in [0.15, 0.2) is 47.0 Å². The van der Waals surface area contributed by atoms with Gasteiger partial charge in [-0.15, -0.1) is 0 Å². The second-order valence-electron chi connectivity index (χ2n) is 5.25. The lowest BCUT2D eigenvalue weighted by atomic mass is 10.1. The van der Waals surface area contributed by atoms with Crippen molar-refractivity contribution in [2.45, 2.75) is 6.92 Å². The summed E-state index contributed by atoms with van der Waals surface area (Å²) in [5.41, 5.74) is 1.92. The molecule has 0 fully saturated rings. The third kappa shape index (κ3) is 2.67. The van der Waals surface area contributed by atoms with Crippen molar-refractivity contribution in [3.05, 3.63) is 53.9 Å². The summed E-state index contributed by atoms with van der Waals surface area (Å²) in [5.74, 6) is 2.06. The van der Waals surface area contributed by atoms with E-state index in [0.717, 1.165) is 5.56 Å². The molecule has 0 bridgehead atoms. The smallest absolute Gasteiger partial charge is 0.257 e. The van der Waals surface area contributed by atoms with Crippen LogP contribution in [0.2, 0.25) is 0 Å². The summed E-state index contributed by atoms with van der Waals surface area (Å²) in [7, 11) is 0. The first-order valence-electron chi connectivity index (χ1n) is 7.31. The molecule has 7 heteroatoms. The van der Waals surface area contributed by atoms with E-state index in [1.807, 2.05) is 0 Å². The minimum Gasteiger partial charge on any atom is -0.454 e. The fourth-order valence-corrected chi connectivity index (χ4v) is 2.36. The normalized spacial score (nSPS) is 12.2. The molecule has 1 aliphatic heterocycles. The zero-order valence-corrected chi connectivity index (χ0v) is 12.8. The molecule has 1 aromatic heterocycles. The largest absolute Gasteiger partial charge is 0.454 e. The number of aromatic nitrogens is 2. The number of rotatable bonds is 3. The van der Waals surface area contributed by atoms with E-state index < -0.39 is 0 Å². The van der Waals surface area contributed by atoms with Crippen LogP contribution in [-0.4, -0.2) is 22.8 Å². The Morgan fingerprint density at radius 3 is 2.62 bits per heavy atom. The maximum absolute atomic E-state index is 12.3. The summed E-state index contributed by atoms with van der Waals surface area (Å²) in [6, 6.07) is 12.2. The molecule has 0 radical (unpaired) electrons. The van der Waals surface area contributed by atoms with Crippen LogP contribution >= 0.6 is 0 Å². The molecule has 120 valence electrons. The number of amides is 1. The number of aryl methyl sites for hydroxylation is 1.